The van der Waals surface area contributed by atoms with Gasteiger partial charge in [0, 0.05) is 10.2 Å². The van der Waals surface area contributed by atoms with E-state index < -0.39 is 5.54 Å². The van der Waals surface area contributed by atoms with Crippen molar-refractivity contribution in [1.82, 2.24) is 5.32 Å². The molecule has 0 aliphatic rings. The van der Waals surface area contributed by atoms with Gasteiger partial charge >= 0.3 is 0 Å². The van der Waals surface area contributed by atoms with E-state index in [9.17, 15) is 15.0 Å². The van der Waals surface area contributed by atoms with Crippen LogP contribution in [0.15, 0.2) is 28.7 Å². The van der Waals surface area contributed by atoms with Crippen molar-refractivity contribution in [2.45, 2.75) is 18.9 Å². The summed E-state index contributed by atoms with van der Waals surface area (Å²) >= 11 is 3.32. The van der Waals surface area contributed by atoms with Gasteiger partial charge in [0.15, 0.2) is 0 Å². The number of nitrogens with one attached hydrogen (secondary N) is 2. The lowest BCUT2D eigenvalue weighted by atomic mass is 9.98. The van der Waals surface area contributed by atoms with E-state index in [0.717, 1.165) is 4.47 Å². The number of aliphatic hydroxyl groups excluding tert-OH is 2. The highest BCUT2D eigenvalue weighted by Crippen LogP contribution is 2.14. The van der Waals surface area contributed by atoms with Crippen LogP contribution in [0.3, 0.4) is 0 Å². The summed E-state index contributed by atoms with van der Waals surface area (Å²) in [5.74, 6) is -0.220. The standard InChI is InChI=1S/C13H19BrN2O3/c1-2-13(8-17,9-18)15-7-12(19)16-11-5-3-10(14)4-6-11/h3-6,15,17-18H,2,7-9H2,1H3,(H,16,19). The van der Waals surface area contributed by atoms with Crippen LogP contribution >= 0.6 is 15.9 Å². The van der Waals surface area contributed by atoms with Gasteiger partial charge in [0.25, 0.3) is 0 Å². The van der Waals surface area contributed by atoms with E-state index in [-0.39, 0.29) is 25.7 Å². The third-order valence-electron chi connectivity index (χ3n) is 3.03. The van der Waals surface area contributed by atoms with Crippen LogP contribution in [-0.2, 0) is 4.79 Å². The summed E-state index contributed by atoms with van der Waals surface area (Å²) in [6, 6.07) is 7.24. The van der Waals surface area contributed by atoms with Gasteiger partial charge in [-0.25, -0.2) is 0 Å². The zero-order valence-electron chi connectivity index (χ0n) is 10.8. The molecule has 6 heteroatoms. The molecule has 5 nitrogen and oxygen atoms in total. The molecule has 0 spiro atoms. The molecule has 1 aromatic carbocycles. The molecular formula is C13H19BrN2O3. The highest BCUT2D eigenvalue weighted by molar-refractivity contribution is 9.10. The van der Waals surface area contributed by atoms with Crippen molar-refractivity contribution in [2.24, 2.45) is 0 Å². The second-order valence-corrected chi connectivity index (χ2v) is 5.27. The molecule has 0 atom stereocenters. The molecule has 1 rings (SSSR count). The molecule has 0 fully saturated rings. The Morgan fingerprint density at radius 1 is 1.26 bits per heavy atom. The van der Waals surface area contributed by atoms with Crippen LogP contribution in [0.2, 0.25) is 0 Å². The number of hydrogen-bond acceptors (Lipinski definition) is 4. The molecule has 0 aliphatic heterocycles. The number of aliphatic hydroxyl groups is 2. The van der Waals surface area contributed by atoms with Crippen molar-refractivity contribution in [1.29, 1.82) is 0 Å². The fourth-order valence-corrected chi connectivity index (χ4v) is 1.78. The average Bonchev–Trinajstić information content (AvgIpc) is 2.44. The minimum atomic E-state index is -0.808. The van der Waals surface area contributed by atoms with Crippen molar-refractivity contribution in [3.8, 4) is 0 Å². The van der Waals surface area contributed by atoms with Gasteiger partial charge in [-0.15, -0.1) is 0 Å². The maximum Gasteiger partial charge on any atom is 0.238 e. The number of amides is 1. The van der Waals surface area contributed by atoms with Gasteiger partial charge in [-0.3, -0.25) is 10.1 Å². The number of hydrogen-bond donors (Lipinski definition) is 4. The molecule has 0 aliphatic carbocycles. The molecule has 0 bridgehead atoms. The lowest BCUT2D eigenvalue weighted by molar-refractivity contribution is -0.116. The molecule has 0 saturated heterocycles. The predicted molar refractivity (Wildman–Crippen MR) is 78.0 cm³/mol. The molecule has 0 saturated carbocycles. The number of carbonyl (C=O) groups excluding carboxylic acids is 1. The van der Waals surface area contributed by atoms with Gasteiger partial charge in [0.1, 0.15) is 0 Å². The summed E-state index contributed by atoms with van der Waals surface area (Å²) < 4.78 is 0.939. The van der Waals surface area contributed by atoms with E-state index >= 15 is 0 Å². The van der Waals surface area contributed by atoms with Crippen molar-refractivity contribution < 1.29 is 15.0 Å². The van der Waals surface area contributed by atoms with Crippen molar-refractivity contribution in [3.63, 3.8) is 0 Å². The molecule has 1 amide bonds. The third-order valence-corrected chi connectivity index (χ3v) is 3.56. The quantitative estimate of drug-likeness (QED) is 0.603. The van der Waals surface area contributed by atoms with Gasteiger partial charge in [0.2, 0.25) is 5.91 Å². The van der Waals surface area contributed by atoms with Gasteiger partial charge in [-0.05, 0) is 30.7 Å². The molecule has 0 radical (unpaired) electrons. The number of carbonyl (C=O) groups is 1. The predicted octanol–water partition coefficient (Wildman–Crippen LogP) is 1.11. The van der Waals surface area contributed by atoms with Crippen LogP contribution < -0.4 is 10.6 Å². The summed E-state index contributed by atoms with van der Waals surface area (Å²) in [5, 5.41) is 24.1. The molecule has 0 unspecified atom stereocenters. The SMILES string of the molecule is CCC(CO)(CO)NCC(=O)Nc1ccc(Br)cc1. The first-order valence-corrected chi connectivity index (χ1v) is 6.86. The lowest BCUT2D eigenvalue weighted by Crippen LogP contribution is -2.53. The van der Waals surface area contributed by atoms with E-state index in [1.165, 1.54) is 0 Å². The van der Waals surface area contributed by atoms with E-state index in [1.807, 2.05) is 19.1 Å². The zero-order valence-corrected chi connectivity index (χ0v) is 12.4. The van der Waals surface area contributed by atoms with E-state index in [0.29, 0.717) is 12.1 Å². The minimum absolute atomic E-state index is 0.0328. The number of halogens is 1. The molecule has 1 aromatic rings. The number of anilines is 1. The van der Waals surface area contributed by atoms with E-state index in [4.69, 9.17) is 0 Å². The van der Waals surface area contributed by atoms with Crippen LogP contribution in [0, 0.1) is 0 Å². The Kier molecular flexibility index (Phi) is 6.44. The summed E-state index contributed by atoms with van der Waals surface area (Å²) in [5.41, 5.74) is -0.109. The Labute approximate surface area is 121 Å². The van der Waals surface area contributed by atoms with Gasteiger partial charge < -0.3 is 15.5 Å². The topological polar surface area (TPSA) is 81.6 Å². The van der Waals surface area contributed by atoms with Crippen LogP contribution in [-0.4, -0.2) is 41.4 Å². The number of benzene rings is 1. The van der Waals surface area contributed by atoms with Gasteiger partial charge in [-0.2, -0.15) is 0 Å². The molecule has 0 heterocycles. The fourth-order valence-electron chi connectivity index (χ4n) is 1.52. The number of rotatable bonds is 7. The van der Waals surface area contributed by atoms with Crippen molar-refractivity contribution in [2.75, 3.05) is 25.1 Å². The normalized spacial score (nSPS) is 11.4. The molecular weight excluding hydrogens is 312 g/mol. The first-order valence-electron chi connectivity index (χ1n) is 6.07. The van der Waals surface area contributed by atoms with Crippen molar-refractivity contribution in [3.05, 3.63) is 28.7 Å². The maximum atomic E-state index is 11.7. The lowest BCUT2D eigenvalue weighted by Gasteiger charge is -2.29. The Bertz CT molecular complexity index is 397. The van der Waals surface area contributed by atoms with Crippen LogP contribution in [0.5, 0.6) is 0 Å². The molecule has 106 valence electrons. The first-order chi connectivity index (χ1) is 9.05. The Morgan fingerprint density at radius 2 is 1.84 bits per heavy atom. The van der Waals surface area contributed by atoms with Crippen LogP contribution in [0.25, 0.3) is 0 Å². The monoisotopic (exact) mass is 330 g/mol. The highest BCUT2D eigenvalue weighted by atomic mass is 79.9. The zero-order chi connectivity index (χ0) is 14.3. The van der Waals surface area contributed by atoms with Crippen LogP contribution in [0.4, 0.5) is 5.69 Å². The second-order valence-electron chi connectivity index (χ2n) is 4.36. The molecule has 4 N–H and O–H groups in total. The Hall–Kier alpha value is -0.950. The minimum Gasteiger partial charge on any atom is -0.394 e. The fraction of sp³-hybridized carbons (Fsp3) is 0.462. The average molecular weight is 331 g/mol. The summed E-state index contributed by atoms with van der Waals surface area (Å²) in [6.45, 7) is 1.44. The second kappa shape index (κ2) is 7.59. The molecule has 0 aromatic heterocycles. The Morgan fingerprint density at radius 3 is 2.32 bits per heavy atom. The van der Waals surface area contributed by atoms with Crippen LogP contribution in [0.1, 0.15) is 13.3 Å². The van der Waals surface area contributed by atoms with E-state index in [1.54, 1.807) is 12.1 Å². The maximum absolute atomic E-state index is 11.7. The highest BCUT2D eigenvalue weighted by Gasteiger charge is 2.26. The smallest absolute Gasteiger partial charge is 0.238 e. The van der Waals surface area contributed by atoms with Gasteiger partial charge in [-0.1, -0.05) is 22.9 Å². The molecule has 19 heavy (non-hydrogen) atoms. The Balaban J connectivity index is 2.49. The summed E-state index contributed by atoms with van der Waals surface area (Å²) in [7, 11) is 0. The van der Waals surface area contributed by atoms with Gasteiger partial charge in [0.05, 0.1) is 25.3 Å². The van der Waals surface area contributed by atoms with Crippen molar-refractivity contribution >= 4 is 27.5 Å². The largest absolute Gasteiger partial charge is 0.394 e. The summed E-state index contributed by atoms with van der Waals surface area (Å²) in [4.78, 5) is 11.7. The van der Waals surface area contributed by atoms with E-state index in [2.05, 4.69) is 26.6 Å². The first kappa shape index (κ1) is 16.1. The summed E-state index contributed by atoms with van der Waals surface area (Å²) in [6.07, 6.45) is 0.533. The third kappa shape index (κ3) is 4.91.